The maximum Gasteiger partial charge on any atom is 0.261 e. The summed E-state index contributed by atoms with van der Waals surface area (Å²) in [5.74, 6) is 1.26. The van der Waals surface area contributed by atoms with Gasteiger partial charge in [-0.1, -0.05) is 23.1 Å². The predicted molar refractivity (Wildman–Crippen MR) is 120 cm³/mol. The van der Waals surface area contributed by atoms with E-state index in [2.05, 4.69) is 20.8 Å². The lowest BCUT2D eigenvalue weighted by molar-refractivity contribution is -0.113. The van der Waals surface area contributed by atoms with Crippen LogP contribution in [0.4, 0.5) is 10.8 Å². The number of nitrogens with one attached hydrogen (secondary N) is 2. The summed E-state index contributed by atoms with van der Waals surface area (Å²) >= 11 is 2.40. The van der Waals surface area contributed by atoms with Gasteiger partial charge in [-0.05, 0) is 36.4 Å². The number of carbonyl (C=O) groups excluding carboxylic acids is 2. The largest absolute Gasteiger partial charge is 0.497 e. The second-order valence-electron chi connectivity index (χ2n) is 5.96. The fourth-order valence-corrected chi connectivity index (χ4v) is 4.01. The Kier molecular flexibility index (Phi) is 7.68. The first-order chi connectivity index (χ1) is 15.0. The Morgan fingerprint density at radius 1 is 0.935 bits per heavy atom. The number of hydrogen-bond donors (Lipinski definition) is 2. The van der Waals surface area contributed by atoms with Crippen molar-refractivity contribution in [1.82, 2.24) is 10.2 Å². The zero-order valence-corrected chi connectivity index (χ0v) is 18.6. The summed E-state index contributed by atoms with van der Waals surface area (Å²) in [5, 5.41) is 13.8. The molecule has 3 rings (SSSR count). The van der Waals surface area contributed by atoms with Crippen LogP contribution in [0.2, 0.25) is 0 Å². The number of rotatable bonds is 9. The molecule has 11 heteroatoms. The van der Waals surface area contributed by atoms with Gasteiger partial charge >= 0.3 is 0 Å². The molecule has 0 atom stereocenters. The van der Waals surface area contributed by atoms with E-state index in [0.717, 1.165) is 0 Å². The Morgan fingerprint density at radius 3 is 2.32 bits per heavy atom. The zero-order valence-electron chi connectivity index (χ0n) is 17.0. The van der Waals surface area contributed by atoms with Gasteiger partial charge in [0.05, 0.1) is 32.6 Å². The molecule has 1 heterocycles. The fourth-order valence-electron chi connectivity index (χ4n) is 2.47. The molecule has 0 aliphatic heterocycles. The lowest BCUT2D eigenvalue weighted by Gasteiger charge is -2.09. The molecular formula is C20H20N4O5S2. The number of anilines is 2. The minimum Gasteiger partial charge on any atom is -0.497 e. The van der Waals surface area contributed by atoms with Gasteiger partial charge < -0.3 is 19.5 Å². The average molecular weight is 461 g/mol. The molecule has 0 unspecified atom stereocenters. The van der Waals surface area contributed by atoms with Crippen LogP contribution in [0, 0.1) is 0 Å². The molecular weight excluding hydrogens is 440 g/mol. The highest BCUT2D eigenvalue weighted by atomic mass is 32.2. The highest BCUT2D eigenvalue weighted by Crippen LogP contribution is 2.28. The third-order valence-corrected chi connectivity index (χ3v) is 5.95. The summed E-state index contributed by atoms with van der Waals surface area (Å²) in [6.07, 6.45) is 0. The van der Waals surface area contributed by atoms with Crippen LogP contribution >= 0.6 is 23.1 Å². The Hall–Kier alpha value is -3.31. The molecule has 0 radical (unpaired) electrons. The normalized spacial score (nSPS) is 10.3. The van der Waals surface area contributed by atoms with Gasteiger partial charge in [-0.25, -0.2) is 0 Å². The Bertz CT molecular complexity index is 1060. The number of nitrogens with zero attached hydrogens (tertiary/aromatic N) is 2. The Labute approximate surface area is 187 Å². The molecule has 3 aromatic rings. The van der Waals surface area contributed by atoms with Crippen LogP contribution in [0.15, 0.2) is 46.8 Å². The van der Waals surface area contributed by atoms with Crippen molar-refractivity contribution < 1.29 is 23.8 Å². The van der Waals surface area contributed by atoms with Crippen molar-refractivity contribution in [3.63, 3.8) is 0 Å². The Balaban J connectivity index is 1.54. The molecule has 0 saturated heterocycles. The van der Waals surface area contributed by atoms with Gasteiger partial charge in [-0.3, -0.25) is 14.9 Å². The van der Waals surface area contributed by atoms with Crippen molar-refractivity contribution in [2.24, 2.45) is 0 Å². The molecule has 2 aromatic carbocycles. The average Bonchev–Trinajstić information content (AvgIpc) is 3.24. The Morgan fingerprint density at radius 2 is 1.65 bits per heavy atom. The van der Waals surface area contributed by atoms with Gasteiger partial charge in [0, 0.05) is 11.8 Å². The SMILES string of the molecule is COc1ccc(NC(=O)CSc2nnc(NC(=O)c3ccc(OC)cc3OC)s2)cc1. The number of methoxy groups -OCH3 is 3. The molecule has 0 fully saturated rings. The molecule has 0 aliphatic carbocycles. The summed E-state index contributed by atoms with van der Waals surface area (Å²) in [7, 11) is 4.59. The van der Waals surface area contributed by atoms with E-state index in [4.69, 9.17) is 14.2 Å². The molecule has 31 heavy (non-hydrogen) atoms. The van der Waals surface area contributed by atoms with Crippen LogP contribution in [0.1, 0.15) is 10.4 Å². The van der Waals surface area contributed by atoms with Crippen molar-refractivity contribution in [2.45, 2.75) is 4.34 Å². The number of ether oxygens (including phenoxy) is 3. The van der Waals surface area contributed by atoms with Gasteiger partial charge in [0.25, 0.3) is 5.91 Å². The standard InChI is InChI=1S/C20H20N4O5S2/c1-27-13-6-4-12(5-7-13)21-17(25)11-30-20-24-23-19(31-20)22-18(26)15-9-8-14(28-2)10-16(15)29-3/h4-10H,11H2,1-3H3,(H,21,25)(H,22,23,26). The van der Waals surface area contributed by atoms with E-state index in [-0.39, 0.29) is 17.6 Å². The van der Waals surface area contributed by atoms with Gasteiger partial charge in [0.15, 0.2) is 4.34 Å². The molecule has 0 aliphatic rings. The number of thioether (sulfide) groups is 1. The van der Waals surface area contributed by atoms with Crippen molar-refractivity contribution in [1.29, 1.82) is 0 Å². The van der Waals surface area contributed by atoms with E-state index < -0.39 is 0 Å². The van der Waals surface area contributed by atoms with Gasteiger partial charge in [-0.15, -0.1) is 10.2 Å². The quantitative estimate of drug-likeness (QED) is 0.368. The zero-order chi connectivity index (χ0) is 22.2. The summed E-state index contributed by atoms with van der Waals surface area (Å²) in [4.78, 5) is 24.7. The predicted octanol–water partition coefficient (Wildman–Crippen LogP) is 3.55. The molecule has 0 spiro atoms. The molecule has 2 amide bonds. The highest BCUT2D eigenvalue weighted by Gasteiger charge is 2.16. The molecule has 0 bridgehead atoms. The third kappa shape index (κ3) is 6.09. The van der Waals surface area contributed by atoms with Crippen molar-refractivity contribution >= 4 is 45.7 Å². The smallest absolute Gasteiger partial charge is 0.261 e. The van der Waals surface area contributed by atoms with Crippen LogP contribution in [-0.2, 0) is 4.79 Å². The van der Waals surface area contributed by atoms with Crippen LogP contribution < -0.4 is 24.8 Å². The molecule has 9 nitrogen and oxygen atoms in total. The lowest BCUT2D eigenvalue weighted by atomic mass is 10.2. The first-order valence-corrected chi connectivity index (χ1v) is 10.8. The number of benzene rings is 2. The molecule has 2 N–H and O–H groups in total. The van der Waals surface area contributed by atoms with Crippen molar-refractivity contribution in [3.8, 4) is 17.2 Å². The second-order valence-corrected chi connectivity index (χ2v) is 8.16. The fraction of sp³-hybridized carbons (Fsp3) is 0.200. The maximum atomic E-state index is 12.5. The van der Waals surface area contributed by atoms with Crippen LogP contribution in [0.25, 0.3) is 0 Å². The second kappa shape index (κ2) is 10.6. The van der Waals surface area contributed by atoms with Crippen LogP contribution in [0.3, 0.4) is 0 Å². The van der Waals surface area contributed by atoms with Gasteiger partial charge in [-0.2, -0.15) is 0 Å². The molecule has 1 aromatic heterocycles. The van der Waals surface area contributed by atoms with Crippen LogP contribution in [-0.4, -0.2) is 49.1 Å². The third-order valence-electron chi connectivity index (χ3n) is 3.98. The topological polar surface area (TPSA) is 112 Å². The summed E-state index contributed by atoms with van der Waals surface area (Å²) < 4.78 is 16.0. The summed E-state index contributed by atoms with van der Waals surface area (Å²) in [6, 6.07) is 11.9. The number of amides is 2. The number of carbonyl (C=O) groups is 2. The molecule has 0 saturated carbocycles. The minimum atomic E-state index is -0.385. The van der Waals surface area contributed by atoms with E-state index in [0.29, 0.717) is 38.0 Å². The van der Waals surface area contributed by atoms with Crippen molar-refractivity contribution in [3.05, 3.63) is 48.0 Å². The van der Waals surface area contributed by atoms with E-state index >= 15 is 0 Å². The van der Waals surface area contributed by atoms with E-state index in [9.17, 15) is 9.59 Å². The first kappa shape index (κ1) is 22.4. The number of hydrogen-bond acceptors (Lipinski definition) is 9. The monoisotopic (exact) mass is 460 g/mol. The highest BCUT2D eigenvalue weighted by molar-refractivity contribution is 8.01. The lowest BCUT2D eigenvalue weighted by Crippen LogP contribution is -2.13. The van der Waals surface area contributed by atoms with E-state index in [1.165, 1.54) is 37.3 Å². The van der Waals surface area contributed by atoms with E-state index in [1.807, 2.05) is 0 Å². The van der Waals surface area contributed by atoms with Gasteiger partial charge in [0.1, 0.15) is 17.2 Å². The van der Waals surface area contributed by atoms with Crippen molar-refractivity contribution in [2.75, 3.05) is 37.7 Å². The summed E-state index contributed by atoms with van der Waals surface area (Å²) in [5.41, 5.74) is 1.01. The summed E-state index contributed by atoms with van der Waals surface area (Å²) in [6.45, 7) is 0. The van der Waals surface area contributed by atoms with E-state index in [1.54, 1.807) is 49.6 Å². The first-order valence-electron chi connectivity index (χ1n) is 8.96. The maximum absolute atomic E-state index is 12.5. The van der Waals surface area contributed by atoms with Crippen LogP contribution in [0.5, 0.6) is 17.2 Å². The van der Waals surface area contributed by atoms with Gasteiger partial charge in [0.2, 0.25) is 11.0 Å². The molecule has 162 valence electrons. The minimum absolute atomic E-state index is 0.154. The number of aromatic nitrogens is 2.